The van der Waals surface area contributed by atoms with Crippen LogP contribution in [0.4, 0.5) is 5.69 Å². The van der Waals surface area contributed by atoms with E-state index in [-0.39, 0.29) is 12.2 Å². The Kier molecular flexibility index (Phi) is 9.26. The van der Waals surface area contributed by atoms with Crippen LogP contribution < -0.4 is 9.46 Å². The minimum Gasteiger partial charge on any atom is -0.491 e. The van der Waals surface area contributed by atoms with E-state index in [2.05, 4.69) is 21.8 Å². The number of anilines is 1. The van der Waals surface area contributed by atoms with E-state index in [4.69, 9.17) is 21.1 Å². The zero-order valence-corrected chi connectivity index (χ0v) is 22.0. The zero-order valence-electron chi connectivity index (χ0n) is 20.5. The van der Waals surface area contributed by atoms with Gasteiger partial charge in [-0.25, -0.2) is 8.42 Å². The lowest BCUT2D eigenvalue weighted by Crippen LogP contribution is -2.38. The van der Waals surface area contributed by atoms with E-state index in [1.165, 1.54) is 0 Å². The van der Waals surface area contributed by atoms with E-state index >= 15 is 0 Å². The molecule has 1 aliphatic heterocycles. The molecule has 0 aliphatic carbocycles. The van der Waals surface area contributed by atoms with Crippen LogP contribution in [0.3, 0.4) is 0 Å². The van der Waals surface area contributed by atoms with Crippen LogP contribution in [0.25, 0.3) is 0 Å². The van der Waals surface area contributed by atoms with Gasteiger partial charge in [0.2, 0.25) is 10.0 Å². The second-order valence-corrected chi connectivity index (χ2v) is 11.3. The molecule has 1 atom stereocenters. The molecule has 1 unspecified atom stereocenters. The Morgan fingerprint density at radius 2 is 1.58 bits per heavy atom. The standard InChI is InChI=1S/C28H33ClN2O4S/c1-36(32,33)30-26-10-5-6-11-27(26)34-21-7-18-31-19-16-25(17-20-31)35-28(22-8-3-2-4-9-22)23-12-14-24(29)15-13-23/h2-6,8-15,25,28,30H,7,16-21H2,1H3. The SMILES string of the molecule is CS(=O)(=O)Nc1ccccc1OCCCN1CCC(OC(c2ccccc2)c2ccc(Cl)cc2)CC1. The number of hydrogen-bond acceptors (Lipinski definition) is 5. The molecule has 1 aliphatic rings. The topological polar surface area (TPSA) is 67.9 Å². The first-order valence-corrected chi connectivity index (χ1v) is 14.5. The molecule has 4 rings (SSSR count). The summed E-state index contributed by atoms with van der Waals surface area (Å²) < 4.78 is 38.1. The van der Waals surface area contributed by atoms with Crippen molar-refractivity contribution < 1.29 is 17.9 Å². The van der Waals surface area contributed by atoms with Gasteiger partial charge in [0.1, 0.15) is 11.9 Å². The fourth-order valence-electron chi connectivity index (χ4n) is 4.42. The molecule has 0 saturated carbocycles. The highest BCUT2D eigenvalue weighted by Gasteiger charge is 2.24. The Balaban J connectivity index is 1.25. The average Bonchev–Trinajstić information content (AvgIpc) is 2.87. The summed E-state index contributed by atoms with van der Waals surface area (Å²) in [6.07, 6.45) is 4.00. The molecule has 8 heteroatoms. The lowest BCUT2D eigenvalue weighted by Gasteiger charge is -2.34. The molecule has 1 N–H and O–H groups in total. The quantitative estimate of drug-likeness (QED) is 0.321. The van der Waals surface area contributed by atoms with Gasteiger partial charge in [0.25, 0.3) is 0 Å². The monoisotopic (exact) mass is 528 g/mol. The average molecular weight is 529 g/mol. The number of likely N-dealkylation sites (tertiary alicyclic amines) is 1. The molecule has 3 aromatic carbocycles. The number of benzene rings is 3. The molecule has 0 spiro atoms. The third-order valence-electron chi connectivity index (χ3n) is 6.20. The number of hydrogen-bond donors (Lipinski definition) is 1. The molecule has 3 aromatic rings. The molecular formula is C28H33ClN2O4S. The zero-order chi connectivity index (χ0) is 25.4. The van der Waals surface area contributed by atoms with E-state index in [0.717, 1.165) is 61.3 Å². The third-order valence-corrected chi connectivity index (χ3v) is 7.04. The van der Waals surface area contributed by atoms with Gasteiger partial charge in [0.05, 0.1) is 24.7 Å². The van der Waals surface area contributed by atoms with Crippen molar-refractivity contribution in [3.8, 4) is 5.75 Å². The molecule has 0 radical (unpaired) electrons. The van der Waals surface area contributed by atoms with Gasteiger partial charge in [-0.05, 0) is 54.7 Å². The van der Waals surface area contributed by atoms with Gasteiger partial charge < -0.3 is 14.4 Å². The summed E-state index contributed by atoms with van der Waals surface area (Å²) in [7, 11) is -3.35. The highest BCUT2D eigenvalue weighted by atomic mass is 35.5. The minimum atomic E-state index is -3.35. The van der Waals surface area contributed by atoms with E-state index < -0.39 is 10.0 Å². The molecule has 192 valence electrons. The Hall–Kier alpha value is -2.58. The summed E-state index contributed by atoms with van der Waals surface area (Å²) >= 11 is 6.11. The smallest absolute Gasteiger partial charge is 0.229 e. The molecule has 1 heterocycles. The minimum absolute atomic E-state index is 0.117. The van der Waals surface area contributed by atoms with Gasteiger partial charge in [-0.15, -0.1) is 0 Å². The summed E-state index contributed by atoms with van der Waals surface area (Å²) in [6, 6.07) is 25.3. The normalized spacial score (nSPS) is 15.9. The summed E-state index contributed by atoms with van der Waals surface area (Å²) in [5.41, 5.74) is 2.72. The van der Waals surface area contributed by atoms with Crippen LogP contribution in [0.15, 0.2) is 78.9 Å². The van der Waals surface area contributed by atoms with Crippen LogP contribution in [0.2, 0.25) is 5.02 Å². The van der Waals surface area contributed by atoms with Gasteiger partial charge in [-0.1, -0.05) is 66.2 Å². The van der Waals surface area contributed by atoms with E-state index in [1.807, 2.05) is 48.5 Å². The highest BCUT2D eigenvalue weighted by Crippen LogP contribution is 2.31. The van der Waals surface area contributed by atoms with Gasteiger partial charge in [0.15, 0.2) is 0 Å². The molecule has 0 aromatic heterocycles. The molecule has 36 heavy (non-hydrogen) atoms. The summed E-state index contributed by atoms with van der Waals surface area (Å²) in [5.74, 6) is 0.546. The predicted molar refractivity (Wildman–Crippen MR) is 145 cm³/mol. The van der Waals surface area contributed by atoms with Crippen molar-refractivity contribution in [1.82, 2.24) is 4.90 Å². The number of sulfonamides is 1. The maximum absolute atomic E-state index is 11.6. The fourth-order valence-corrected chi connectivity index (χ4v) is 5.12. The molecule has 1 saturated heterocycles. The number of para-hydroxylation sites is 2. The number of halogens is 1. The van der Waals surface area contributed by atoms with Gasteiger partial charge in [0, 0.05) is 24.7 Å². The Morgan fingerprint density at radius 3 is 2.28 bits per heavy atom. The lowest BCUT2D eigenvalue weighted by molar-refractivity contribution is -0.0273. The Morgan fingerprint density at radius 1 is 0.944 bits per heavy atom. The molecule has 1 fully saturated rings. The second-order valence-electron chi connectivity index (χ2n) is 9.09. The van der Waals surface area contributed by atoms with E-state index in [1.54, 1.807) is 18.2 Å². The predicted octanol–water partition coefficient (Wildman–Crippen LogP) is 5.75. The molecular weight excluding hydrogens is 496 g/mol. The number of piperidine rings is 1. The van der Waals surface area contributed by atoms with E-state index in [9.17, 15) is 8.42 Å². The second kappa shape index (κ2) is 12.6. The van der Waals surface area contributed by atoms with Crippen LogP contribution >= 0.6 is 11.6 Å². The maximum atomic E-state index is 11.6. The highest BCUT2D eigenvalue weighted by molar-refractivity contribution is 7.92. The van der Waals surface area contributed by atoms with Crippen molar-refractivity contribution in [3.05, 3.63) is 95.0 Å². The van der Waals surface area contributed by atoms with Crippen LogP contribution in [0, 0.1) is 0 Å². The molecule has 0 bridgehead atoms. The van der Waals surface area contributed by atoms with Crippen LogP contribution in [-0.4, -0.2) is 51.9 Å². The van der Waals surface area contributed by atoms with Crippen molar-refractivity contribution in [3.63, 3.8) is 0 Å². The number of nitrogens with zero attached hydrogens (tertiary/aromatic N) is 1. The maximum Gasteiger partial charge on any atom is 0.229 e. The summed E-state index contributed by atoms with van der Waals surface area (Å²) in [5, 5.41) is 0.720. The van der Waals surface area contributed by atoms with Gasteiger partial charge in [-0.2, -0.15) is 0 Å². The van der Waals surface area contributed by atoms with Crippen molar-refractivity contribution in [2.24, 2.45) is 0 Å². The first-order valence-electron chi connectivity index (χ1n) is 12.3. The molecule has 6 nitrogen and oxygen atoms in total. The largest absolute Gasteiger partial charge is 0.491 e. The Bertz CT molecular complexity index is 1200. The van der Waals surface area contributed by atoms with Crippen LogP contribution in [0.1, 0.15) is 36.5 Å². The molecule has 0 amide bonds. The van der Waals surface area contributed by atoms with E-state index in [0.29, 0.717) is 18.0 Å². The van der Waals surface area contributed by atoms with Crippen molar-refractivity contribution >= 4 is 27.3 Å². The first kappa shape index (κ1) is 26.5. The van der Waals surface area contributed by atoms with Crippen LogP contribution in [-0.2, 0) is 14.8 Å². The lowest BCUT2D eigenvalue weighted by atomic mass is 10.00. The third kappa shape index (κ3) is 7.96. The number of rotatable bonds is 11. The summed E-state index contributed by atoms with van der Waals surface area (Å²) in [4.78, 5) is 2.43. The van der Waals surface area contributed by atoms with Gasteiger partial charge >= 0.3 is 0 Å². The van der Waals surface area contributed by atoms with Gasteiger partial charge in [-0.3, -0.25) is 4.72 Å². The van der Waals surface area contributed by atoms with Crippen molar-refractivity contribution in [2.75, 3.05) is 37.2 Å². The fraction of sp³-hybridized carbons (Fsp3) is 0.357. The number of nitrogens with one attached hydrogen (secondary N) is 1. The van der Waals surface area contributed by atoms with Crippen molar-refractivity contribution in [1.29, 1.82) is 0 Å². The number of ether oxygens (including phenoxy) is 2. The van der Waals surface area contributed by atoms with Crippen LogP contribution in [0.5, 0.6) is 5.75 Å². The van der Waals surface area contributed by atoms with Crippen molar-refractivity contribution in [2.45, 2.75) is 31.5 Å². The summed E-state index contributed by atoms with van der Waals surface area (Å²) in [6.45, 7) is 3.39. The first-order chi connectivity index (χ1) is 17.4. The Labute approximate surface area is 219 Å².